The first-order valence-corrected chi connectivity index (χ1v) is 14.4. The molecule has 3 aromatic rings. The standard InChI is InChI=1S/C27H34ClN7O3S/c1-34(39(36)37)23-6-4-3-5-21(23)31-25-20(28)18-30-26(33-25)32-22-8-7-19(17-24(22)38-2)35-15-11-27(12-16-35)9-13-29-14-10-27/h3-8,17-18,29H,9-16H2,1-2H3,(H,36,37)(H2,30,31,32,33)/p-1. The van der Waals surface area contributed by atoms with Crippen molar-refractivity contribution in [3.63, 3.8) is 0 Å². The fourth-order valence-corrected chi connectivity index (χ4v) is 5.83. The van der Waals surface area contributed by atoms with E-state index in [1.807, 2.05) is 12.1 Å². The van der Waals surface area contributed by atoms with Crippen molar-refractivity contribution in [3.8, 4) is 5.75 Å². The van der Waals surface area contributed by atoms with Gasteiger partial charge in [-0.25, -0.2) is 4.98 Å². The van der Waals surface area contributed by atoms with Crippen molar-refractivity contribution in [2.45, 2.75) is 25.7 Å². The number of hydrogen-bond acceptors (Lipinski definition) is 9. The maximum Gasteiger partial charge on any atom is 0.229 e. The first-order valence-electron chi connectivity index (χ1n) is 13.0. The van der Waals surface area contributed by atoms with Gasteiger partial charge in [0.15, 0.2) is 5.82 Å². The molecule has 208 valence electrons. The number of rotatable bonds is 8. The summed E-state index contributed by atoms with van der Waals surface area (Å²) in [5.41, 5.74) is 3.34. The summed E-state index contributed by atoms with van der Waals surface area (Å²) < 4.78 is 29.8. The zero-order valence-electron chi connectivity index (χ0n) is 22.1. The summed E-state index contributed by atoms with van der Waals surface area (Å²) in [6, 6.07) is 13.1. The number of nitrogens with one attached hydrogen (secondary N) is 3. The Kier molecular flexibility index (Phi) is 8.41. The van der Waals surface area contributed by atoms with Gasteiger partial charge in [0.1, 0.15) is 10.8 Å². The van der Waals surface area contributed by atoms with Gasteiger partial charge in [0.05, 0.1) is 30.4 Å². The molecule has 1 spiro atoms. The van der Waals surface area contributed by atoms with E-state index in [1.54, 1.807) is 31.4 Å². The molecule has 39 heavy (non-hydrogen) atoms. The van der Waals surface area contributed by atoms with Crippen LogP contribution in [0.4, 0.5) is 34.5 Å². The number of benzene rings is 2. The van der Waals surface area contributed by atoms with E-state index in [9.17, 15) is 8.76 Å². The molecule has 0 saturated carbocycles. The fraction of sp³-hybridized carbons (Fsp3) is 0.407. The number of methoxy groups -OCH3 is 1. The molecule has 1 unspecified atom stereocenters. The number of para-hydroxylation sites is 2. The topological polar surface area (TPSA) is 118 Å². The van der Waals surface area contributed by atoms with E-state index in [2.05, 4.69) is 36.9 Å². The molecule has 2 fully saturated rings. The Morgan fingerprint density at radius 2 is 1.85 bits per heavy atom. The van der Waals surface area contributed by atoms with E-state index >= 15 is 0 Å². The molecule has 2 aromatic carbocycles. The van der Waals surface area contributed by atoms with E-state index < -0.39 is 11.3 Å². The molecule has 2 aliphatic heterocycles. The number of nitrogens with zero attached hydrogens (tertiary/aromatic N) is 4. The molecule has 3 heterocycles. The summed E-state index contributed by atoms with van der Waals surface area (Å²) >= 11 is 3.95. The zero-order chi connectivity index (χ0) is 27.4. The van der Waals surface area contributed by atoms with Crippen molar-refractivity contribution in [2.75, 3.05) is 60.2 Å². The van der Waals surface area contributed by atoms with E-state index in [0.29, 0.717) is 39.3 Å². The van der Waals surface area contributed by atoms with Gasteiger partial charge < -0.3 is 34.4 Å². The molecule has 0 bridgehead atoms. The largest absolute Gasteiger partial charge is 0.755 e. The van der Waals surface area contributed by atoms with Gasteiger partial charge in [-0.3, -0.25) is 4.21 Å². The van der Waals surface area contributed by atoms with Crippen molar-refractivity contribution in [1.29, 1.82) is 0 Å². The third-order valence-corrected chi connectivity index (χ3v) is 8.67. The third kappa shape index (κ3) is 6.22. The van der Waals surface area contributed by atoms with E-state index in [0.717, 1.165) is 41.9 Å². The van der Waals surface area contributed by atoms with E-state index in [-0.39, 0.29) is 0 Å². The van der Waals surface area contributed by atoms with Gasteiger partial charge in [-0.1, -0.05) is 23.7 Å². The summed E-state index contributed by atoms with van der Waals surface area (Å²) in [5.74, 6) is 1.34. The Hall–Kier alpha value is -3.12. The van der Waals surface area contributed by atoms with Crippen molar-refractivity contribution < 1.29 is 13.5 Å². The van der Waals surface area contributed by atoms with Crippen LogP contribution in [-0.4, -0.2) is 59.1 Å². The summed E-state index contributed by atoms with van der Waals surface area (Å²) in [6.07, 6.45) is 6.46. The van der Waals surface area contributed by atoms with Crippen LogP contribution in [-0.2, 0) is 11.3 Å². The predicted molar refractivity (Wildman–Crippen MR) is 156 cm³/mol. The second-order valence-electron chi connectivity index (χ2n) is 9.99. The molecule has 1 aromatic heterocycles. The smallest absolute Gasteiger partial charge is 0.229 e. The highest BCUT2D eigenvalue weighted by molar-refractivity contribution is 7.80. The minimum atomic E-state index is -2.43. The molecule has 5 rings (SSSR count). The first kappa shape index (κ1) is 27.4. The van der Waals surface area contributed by atoms with Gasteiger partial charge in [0, 0.05) is 43.2 Å². The molecule has 3 N–H and O–H groups in total. The number of halogens is 1. The third-order valence-electron chi connectivity index (χ3n) is 7.75. The minimum absolute atomic E-state index is 0.292. The average molecular weight is 571 g/mol. The van der Waals surface area contributed by atoms with Crippen LogP contribution in [0, 0.1) is 5.41 Å². The maximum atomic E-state index is 11.5. The predicted octanol–water partition coefficient (Wildman–Crippen LogP) is 4.83. The molecule has 0 aliphatic carbocycles. The molecule has 12 heteroatoms. The number of aromatic nitrogens is 2. The molecule has 0 amide bonds. The lowest BCUT2D eigenvalue weighted by molar-refractivity contribution is 0.155. The zero-order valence-corrected chi connectivity index (χ0v) is 23.6. The lowest BCUT2D eigenvalue weighted by Gasteiger charge is -2.45. The highest BCUT2D eigenvalue weighted by atomic mass is 35.5. The molecular formula is C27H33ClN7O3S-. The SMILES string of the molecule is COc1cc(N2CCC3(CCNCC3)CC2)ccc1Nc1ncc(Cl)c(Nc2ccccc2N(C)S(=O)[O-])n1. The average Bonchev–Trinajstić information content (AvgIpc) is 2.96. The minimum Gasteiger partial charge on any atom is -0.755 e. The van der Waals surface area contributed by atoms with Gasteiger partial charge in [0.25, 0.3) is 0 Å². The van der Waals surface area contributed by atoms with Gasteiger partial charge in [-0.2, -0.15) is 4.98 Å². The number of ether oxygens (including phenoxy) is 1. The monoisotopic (exact) mass is 570 g/mol. The second-order valence-corrected chi connectivity index (χ2v) is 11.4. The van der Waals surface area contributed by atoms with Crippen molar-refractivity contribution in [3.05, 3.63) is 53.7 Å². The van der Waals surface area contributed by atoms with Crippen molar-refractivity contribution in [1.82, 2.24) is 15.3 Å². The maximum absolute atomic E-state index is 11.5. The summed E-state index contributed by atoms with van der Waals surface area (Å²) in [5, 5.41) is 10.1. The van der Waals surface area contributed by atoms with E-state index in [1.165, 1.54) is 38.9 Å². The van der Waals surface area contributed by atoms with Crippen LogP contribution in [0.1, 0.15) is 25.7 Å². The Balaban J connectivity index is 1.31. The van der Waals surface area contributed by atoms with Crippen LogP contribution in [0.25, 0.3) is 0 Å². The number of hydrogen-bond donors (Lipinski definition) is 3. The second kappa shape index (κ2) is 12.0. The fourth-order valence-electron chi connectivity index (χ4n) is 5.37. The highest BCUT2D eigenvalue weighted by Crippen LogP contribution is 2.41. The van der Waals surface area contributed by atoms with Gasteiger partial charge >= 0.3 is 0 Å². The molecule has 2 saturated heterocycles. The normalized spacial score (nSPS) is 17.5. The summed E-state index contributed by atoms with van der Waals surface area (Å²) in [4.78, 5) is 11.3. The highest BCUT2D eigenvalue weighted by Gasteiger charge is 2.35. The van der Waals surface area contributed by atoms with Crippen molar-refractivity contribution >= 4 is 57.4 Å². The lowest BCUT2D eigenvalue weighted by atomic mass is 9.71. The molecular weight excluding hydrogens is 538 g/mol. The Morgan fingerprint density at radius 1 is 1.10 bits per heavy atom. The Bertz CT molecular complexity index is 1330. The summed E-state index contributed by atoms with van der Waals surface area (Å²) in [6.45, 7) is 4.34. The first-order chi connectivity index (χ1) is 18.9. The summed E-state index contributed by atoms with van der Waals surface area (Å²) in [7, 11) is 3.11. The van der Waals surface area contributed by atoms with Crippen LogP contribution >= 0.6 is 11.6 Å². The number of anilines is 6. The lowest BCUT2D eigenvalue weighted by Crippen LogP contribution is -2.45. The molecule has 10 nitrogen and oxygen atoms in total. The molecule has 1 atom stereocenters. The Morgan fingerprint density at radius 3 is 2.56 bits per heavy atom. The Labute approximate surface area is 236 Å². The van der Waals surface area contributed by atoms with Crippen LogP contribution < -0.4 is 29.9 Å². The van der Waals surface area contributed by atoms with Crippen LogP contribution in [0.15, 0.2) is 48.7 Å². The van der Waals surface area contributed by atoms with Crippen molar-refractivity contribution in [2.24, 2.45) is 5.41 Å². The quantitative estimate of drug-likeness (QED) is 0.327. The molecule has 0 radical (unpaired) electrons. The van der Waals surface area contributed by atoms with E-state index in [4.69, 9.17) is 16.3 Å². The number of piperidine rings is 2. The van der Waals surface area contributed by atoms with Crippen LogP contribution in [0.2, 0.25) is 5.02 Å². The van der Waals surface area contributed by atoms with Crippen LogP contribution in [0.3, 0.4) is 0 Å². The molecule has 2 aliphatic rings. The van der Waals surface area contributed by atoms with Crippen LogP contribution in [0.5, 0.6) is 5.75 Å². The van der Waals surface area contributed by atoms with Gasteiger partial charge in [0.2, 0.25) is 5.95 Å². The van der Waals surface area contributed by atoms with Gasteiger partial charge in [-0.15, -0.1) is 0 Å². The van der Waals surface area contributed by atoms with Gasteiger partial charge in [-0.05, 0) is 68.5 Å².